The molecule has 0 saturated heterocycles. The van der Waals surface area contributed by atoms with Crippen molar-refractivity contribution in [3.8, 4) is 11.5 Å². The lowest BCUT2D eigenvalue weighted by Crippen LogP contribution is -2.22. The molecule has 2 atom stereocenters. The van der Waals surface area contributed by atoms with E-state index in [0.717, 1.165) is 11.8 Å². The van der Waals surface area contributed by atoms with Crippen LogP contribution in [0.3, 0.4) is 0 Å². The minimum atomic E-state index is -0.528. The molecule has 1 amide bonds. The fourth-order valence-electron chi connectivity index (χ4n) is 2.39. The van der Waals surface area contributed by atoms with Crippen LogP contribution in [0.5, 0.6) is 11.5 Å². The SMILES string of the molecule is COc1ccccc1NC(=O)[C@@H](C)Sc1nnc([C@@H](C)Oc2ccc(F)cc2)o1. The van der Waals surface area contributed by atoms with Crippen molar-refractivity contribution in [2.45, 2.75) is 30.4 Å². The third kappa shape index (κ3) is 5.47. The van der Waals surface area contributed by atoms with E-state index in [-0.39, 0.29) is 22.8 Å². The summed E-state index contributed by atoms with van der Waals surface area (Å²) in [7, 11) is 1.54. The van der Waals surface area contributed by atoms with E-state index in [1.807, 2.05) is 12.1 Å². The maximum absolute atomic E-state index is 13.0. The highest BCUT2D eigenvalue weighted by atomic mass is 32.2. The quantitative estimate of drug-likeness (QED) is 0.541. The molecule has 0 fully saturated rings. The molecule has 0 radical (unpaired) electrons. The number of thioether (sulfide) groups is 1. The van der Waals surface area contributed by atoms with E-state index in [9.17, 15) is 9.18 Å². The average molecular weight is 417 g/mol. The summed E-state index contributed by atoms with van der Waals surface area (Å²) in [6.07, 6.45) is -0.528. The number of methoxy groups -OCH3 is 1. The summed E-state index contributed by atoms with van der Waals surface area (Å²) in [5.41, 5.74) is 0.583. The van der Waals surface area contributed by atoms with Crippen LogP contribution in [0.15, 0.2) is 58.2 Å². The lowest BCUT2D eigenvalue weighted by atomic mass is 10.3. The Labute approximate surface area is 171 Å². The number of amides is 1. The Balaban J connectivity index is 1.58. The molecule has 0 aliphatic rings. The summed E-state index contributed by atoms with van der Waals surface area (Å²) in [5, 5.41) is 10.5. The number of para-hydroxylation sites is 2. The van der Waals surface area contributed by atoms with Gasteiger partial charge in [-0.2, -0.15) is 0 Å². The van der Waals surface area contributed by atoms with Gasteiger partial charge in [0.05, 0.1) is 18.0 Å². The second kappa shape index (κ2) is 9.42. The van der Waals surface area contributed by atoms with Crippen LogP contribution in [-0.2, 0) is 4.79 Å². The number of nitrogens with one attached hydrogen (secondary N) is 1. The number of halogens is 1. The lowest BCUT2D eigenvalue weighted by Gasteiger charge is -2.12. The molecule has 1 heterocycles. The van der Waals surface area contributed by atoms with Gasteiger partial charge in [-0.05, 0) is 50.2 Å². The van der Waals surface area contributed by atoms with Crippen molar-refractivity contribution < 1.29 is 23.1 Å². The number of benzene rings is 2. The molecule has 7 nitrogen and oxygen atoms in total. The van der Waals surface area contributed by atoms with Gasteiger partial charge in [0.15, 0.2) is 6.10 Å². The molecule has 0 saturated carbocycles. The number of carbonyl (C=O) groups excluding carboxylic acids is 1. The summed E-state index contributed by atoms with van der Waals surface area (Å²) in [6, 6.07) is 12.8. The van der Waals surface area contributed by atoms with Gasteiger partial charge in [0.2, 0.25) is 5.91 Å². The molecule has 1 aromatic heterocycles. The van der Waals surface area contributed by atoms with Gasteiger partial charge >= 0.3 is 0 Å². The van der Waals surface area contributed by atoms with Crippen LogP contribution in [-0.4, -0.2) is 28.5 Å². The molecule has 29 heavy (non-hydrogen) atoms. The highest BCUT2D eigenvalue weighted by Gasteiger charge is 2.21. The Kier molecular flexibility index (Phi) is 6.71. The van der Waals surface area contributed by atoms with Gasteiger partial charge in [0, 0.05) is 0 Å². The van der Waals surface area contributed by atoms with Crippen LogP contribution >= 0.6 is 11.8 Å². The number of hydrogen-bond donors (Lipinski definition) is 1. The summed E-state index contributed by atoms with van der Waals surface area (Å²) < 4.78 is 29.5. The molecule has 0 bridgehead atoms. The van der Waals surface area contributed by atoms with Crippen molar-refractivity contribution in [3.05, 3.63) is 60.2 Å². The molecule has 0 aliphatic carbocycles. The average Bonchev–Trinajstić information content (AvgIpc) is 3.18. The summed E-state index contributed by atoms with van der Waals surface area (Å²) in [6.45, 7) is 3.47. The zero-order chi connectivity index (χ0) is 20.8. The maximum atomic E-state index is 13.0. The zero-order valence-electron chi connectivity index (χ0n) is 16.1. The largest absolute Gasteiger partial charge is 0.495 e. The number of nitrogens with zero attached hydrogens (tertiary/aromatic N) is 2. The molecule has 0 unspecified atom stereocenters. The standard InChI is InChI=1S/C20H20FN3O4S/c1-12(27-15-10-8-14(21)9-11-15)19-23-24-20(28-19)29-13(2)18(25)22-16-6-4-5-7-17(16)26-3/h4-13H,1-3H3,(H,22,25)/t12-,13-/m1/s1. The van der Waals surface area contributed by atoms with Crippen LogP contribution in [0, 0.1) is 5.82 Å². The molecule has 0 aliphatic heterocycles. The number of hydrogen-bond acceptors (Lipinski definition) is 7. The number of aromatic nitrogens is 2. The smallest absolute Gasteiger partial charge is 0.277 e. The van der Waals surface area contributed by atoms with E-state index in [4.69, 9.17) is 13.9 Å². The Bertz CT molecular complexity index is 964. The van der Waals surface area contributed by atoms with Crippen LogP contribution in [0.4, 0.5) is 10.1 Å². The van der Waals surface area contributed by atoms with E-state index >= 15 is 0 Å². The molecule has 2 aromatic carbocycles. The molecule has 9 heteroatoms. The van der Waals surface area contributed by atoms with Crippen LogP contribution in [0.25, 0.3) is 0 Å². The molecule has 3 rings (SSSR count). The first-order valence-electron chi connectivity index (χ1n) is 8.82. The van der Waals surface area contributed by atoms with E-state index in [1.165, 1.54) is 31.4 Å². The van der Waals surface area contributed by atoms with Crippen molar-refractivity contribution >= 4 is 23.4 Å². The highest BCUT2D eigenvalue weighted by molar-refractivity contribution is 8.00. The first-order valence-corrected chi connectivity index (χ1v) is 9.70. The maximum Gasteiger partial charge on any atom is 0.277 e. The third-order valence-corrected chi connectivity index (χ3v) is 4.84. The minimum absolute atomic E-state index is 0.227. The summed E-state index contributed by atoms with van der Waals surface area (Å²) in [4.78, 5) is 12.5. The molecule has 152 valence electrons. The highest BCUT2D eigenvalue weighted by Crippen LogP contribution is 2.28. The Hall–Kier alpha value is -3.07. The number of anilines is 1. The van der Waals surface area contributed by atoms with Crippen molar-refractivity contribution in [2.75, 3.05) is 12.4 Å². The second-order valence-electron chi connectivity index (χ2n) is 6.07. The zero-order valence-corrected chi connectivity index (χ0v) is 16.9. The fraction of sp³-hybridized carbons (Fsp3) is 0.250. The van der Waals surface area contributed by atoms with Gasteiger partial charge in [-0.3, -0.25) is 4.79 Å². The summed E-state index contributed by atoms with van der Waals surface area (Å²) >= 11 is 1.13. The monoisotopic (exact) mass is 417 g/mol. The Morgan fingerprint density at radius 2 is 1.86 bits per heavy atom. The lowest BCUT2D eigenvalue weighted by molar-refractivity contribution is -0.115. The van der Waals surface area contributed by atoms with Crippen molar-refractivity contribution in [1.82, 2.24) is 10.2 Å². The predicted molar refractivity (Wildman–Crippen MR) is 107 cm³/mol. The van der Waals surface area contributed by atoms with Crippen molar-refractivity contribution in [2.24, 2.45) is 0 Å². The van der Waals surface area contributed by atoms with E-state index in [1.54, 1.807) is 26.0 Å². The molecule has 1 N–H and O–H groups in total. The number of rotatable bonds is 8. The fourth-order valence-corrected chi connectivity index (χ4v) is 3.08. The van der Waals surface area contributed by atoms with Crippen molar-refractivity contribution in [1.29, 1.82) is 0 Å². The van der Waals surface area contributed by atoms with Gasteiger partial charge in [-0.15, -0.1) is 10.2 Å². The van der Waals surface area contributed by atoms with Gasteiger partial charge in [-0.1, -0.05) is 23.9 Å². The Morgan fingerprint density at radius 3 is 2.59 bits per heavy atom. The second-order valence-corrected chi connectivity index (χ2v) is 7.36. The van der Waals surface area contributed by atoms with Gasteiger partial charge < -0.3 is 19.2 Å². The minimum Gasteiger partial charge on any atom is -0.495 e. The number of carbonyl (C=O) groups is 1. The van der Waals surface area contributed by atoms with E-state index in [0.29, 0.717) is 17.2 Å². The van der Waals surface area contributed by atoms with Gasteiger partial charge in [0.1, 0.15) is 17.3 Å². The van der Waals surface area contributed by atoms with E-state index in [2.05, 4.69) is 15.5 Å². The number of ether oxygens (including phenoxy) is 2. The van der Waals surface area contributed by atoms with E-state index < -0.39 is 11.4 Å². The molecule has 0 spiro atoms. The Morgan fingerprint density at radius 1 is 1.14 bits per heavy atom. The van der Waals surface area contributed by atoms with Gasteiger partial charge in [-0.25, -0.2) is 4.39 Å². The predicted octanol–water partition coefficient (Wildman–Crippen LogP) is 4.48. The molecule has 3 aromatic rings. The third-order valence-electron chi connectivity index (χ3n) is 3.91. The van der Waals surface area contributed by atoms with Crippen molar-refractivity contribution in [3.63, 3.8) is 0 Å². The van der Waals surface area contributed by atoms with Crippen LogP contribution in [0.2, 0.25) is 0 Å². The molecular weight excluding hydrogens is 397 g/mol. The first-order chi connectivity index (χ1) is 14.0. The van der Waals surface area contributed by atoms with Crippen LogP contribution < -0.4 is 14.8 Å². The van der Waals surface area contributed by atoms with Crippen LogP contribution in [0.1, 0.15) is 25.8 Å². The topological polar surface area (TPSA) is 86.5 Å². The normalized spacial score (nSPS) is 12.8. The summed E-state index contributed by atoms with van der Waals surface area (Å²) in [5.74, 6) is 0.742. The first kappa shape index (κ1) is 20.7. The van der Waals surface area contributed by atoms with Gasteiger partial charge in [0.25, 0.3) is 11.1 Å². The molecular formula is C20H20FN3O4S.